The SMILES string of the molecule is CN=C(NCCc1ccncc1C)N(C)Cc1ccc(SC)cc1. The molecule has 0 amide bonds. The lowest BCUT2D eigenvalue weighted by atomic mass is 10.1. The molecular weight excluding hydrogens is 316 g/mol. The van der Waals surface area contributed by atoms with Crippen LogP contribution in [0.25, 0.3) is 0 Å². The number of aryl methyl sites for hydroxylation is 1. The van der Waals surface area contributed by atoms with Crippen LogP contribution in [0.1, 0.15) is 16.7 Å². The van der Waals surface area contributed by atoms with Crippen molar-refractivity contribution in [2.24, 2.45) is 4.99 Å². The molecule has 0 aliphatic heterocycles. The molecule has 0 fully saturated rings. The second kappa shape index (κ2) is 9.33. The van der Waals surface area contributed by atoms with Crippen molar-refractivity contribution in [2.45, 2.75) is 24.8 Å². The zero-order chi connectivity index (χ0) is 17.4. The zero-order valence-electron chi connectivity index (χ0n) is 14.9. The molecule has 0 spiro atoms. The number of benzene rings is 1. The van der Waals surface area contributed by atoms with Crippen LogP contribution in [0.5, 0.6) is 0 Å². The van der Waals surface area contributed by atoms with Gasteiger partial charge in [0.15, 0.2) is 5.96 Å². The summed E-state index contributed by atoms with van der Waals surface area (Å²) in [5, 5.41) is 3.44. The molecule has 2 rings (SSSR count). The van der Waals surface area contributed by atoms with Crippen LogP contribution in [-0.4, -0.2) is 42.7 Å². The van der Waals surface area contributed by atoms with E-state index in [9.17, 15) is 0 Å². The summed E-state index contributed by atoms with van der Waals surface area (Å²) in [6.45, 7) is 3.79. The third-order valence-corrected chi connectivity index (χ3v) is 4.71. The fraction of sp³-hybridized carbons (Fsp3) is 0.368. The van der Waals surface area contributed by atoms with Crippen LogP contribution in [-0.2, 0) is 13.0 Å². The van der Waals surface area contributed by atoms with Crippen molar-refractivity contribution in [3.8, 4) is 0 Å². The molecule has 1 aromatic carbocycles. The van der Waals surface area contributed by atoms with Gasteiger partial charge in [0.25, 0.3) is 0 Å². The summed E-state index contributed by atoms with van der Waals surface area (Å²) in [6, 6.07) is 10.8. The highest BCUT2D eigenvalue weighted by atomic mass is 32.2. The van der Waals surface area contributed by atoms with Gasteiger partial charge in [-0.3, -0.25) is 9.98 Å². The van der Waals surface area contributed by atoms with Crippen molar-refractivity contribution in [2.75, 3.05) is 26.9 Å². The van der Waals surface area contributed by atoms with Gasteiger partial charge >= 0.3 is 0 Å². The Hall–Kier alpha value is -2.01. The van der Waals surface area contributed by atoms with E-state index in [0.717, 1.165) is 25.5 Å². The summed E-state index contributed by atoms with van der Waals surface area (Å²) < 4.78 is 0. The Morgan fingerprint density at radius 3 is 2.62 bits per heavy atom. The van der Waals surface area contributed by atoms with E-state index in [1.807, 2.05) is 19.4 Å². The monoisotopic (exact) mass is 342 g/mol. The molecular formula is C19H26N4S. The largest absolute Gasteiger partial charge is 0.356 e. The van der Waals surface area contributed by atoms with E-state index >= 15 is 0 Å². The van der Waals surface area contributed by atoms with Crippen molar-refractivity contribution < 1.29 is 0 Å². The molecule has 0 aliphatic rings. The first kappa shape index (κ1) is 18.3. The quantitative estimate of drug-likeness (QED) is 0.496. The first-order valence-corrected chi connectivity index (χ1v) is 9.30. The van der Waals surface area contributed by atoms with Gasteiger partial charge in [0, 0.05) is 44.5 Å². The van der Waals surface area contributed by atoms with Crippen LogP contribution >= 0.6 is 11.8 Å². The first-order chi connectivity index (χ1) is 11.6. The Morgan fingerprint density at radius 2 is 2.00 bits per heavy atom. The van der Waals surface area contributed by atoms with E-state index in [4.69, 9.17) is 0 Å². The zero-order valence-corrected chi connectivity index (χ0v) is 15.7. The Morgan fingerprint density at radius 1 is 1.25 bits per heavy atom. The van der Waals surface area contributed by atoms with Crippen LogP contribution in [0.2, 0.25) is 0 Å². The van der Waals surface area contributed by atoms with Gasteiger partial charge in [-0.05, 0) is 54.5 Å². The number of nitrogens with zero attached hydrogens (tertiary/aromatic N) is 3. The summed E-state index contributed by atoms with van der Waals surface area (Å²) in [4.78, 5) is 12.0. The van der Waals surface area contributed by atoms with Gasteiger partial charge in [-0.1, -0.05) is 12.1 Å². The topological polar surface area (TPSA) is 40.5 Å². The normalized spacial score (nSPS) is 11.4. The molecule has 0 unspecified atom stereocenters. The van der Waals surface area contributed by atoms with E-state index in [0.29, 0.717) is 0 Å². The highest BCUT2D eigenvalue weighted by Crippen LogP contribution is 2.15. The van der Waals surface area contributed by atoms with Gasteiger partial charge in [0.2, 0.25) is 0 Å². The second-order valence-corrected chi connectivity index (χ2v) is 6.61. The highest BCUT2D eigenvalue weighted by Gasteiger charge is 2.07. The Bertz CT molecular complexity index is 667. The van der Waals surface area contributed by atoms with Crippen molar-refractivity contribution >= 4 is 17.7 Å². The molecule has 0 saturated heterocycles. The maximum absolute atomic E-state index is 4.39. The molecule has 0 bridgehead atoms. The lowest BCUT2D eigenvalue weighted by molar-refractivity contribution is 0.477. The fourth-order valence-electron chi connectivity index (χ4n) is 2.56. The molecule has 128 valence electrons. The molecule has 1 aromatic heterocycles. The van der Waals surface area contributed by atoms with Crippen molar-refractivity contribution in [3.05, 3.63) is 59.4 Å². The maximum atomic E-state index is 4.39. The number of hydrogen-bond donors (Lipinski definition) is 1. The third-order valence-electron chi connectivity index (χ3n) is 3.97. The van der Waals surface area contributed by atoms with Gasteiger partial charge in [0.05, 0.1) is 0 Å². The molecule has 4 nitrogen and oxygen atoms in total. The molecule has 24 heavy (non-hydrogen) atoms. The van der Waals surface area contributed by atoms with Crippen LogP contribution < -0.4 is 5.32 Å². The Kier molecular flexibility index (Phi) is 7.12. The molecule has 0 radical (unpaired) electrons. The predicted octanol–water partition coefficient (Wildman–Crippen LogP) is 3.36. The van der Waals surface area contributed by atoms with Crippen LogP contribution in [0, 0.1) is 6.92 Å². The number of aromatic nitrogens is 1. The summed E-state index contributed by atoms with van der Waals surface area (Å²) in [5.74, 6) is 0.913. The van der Waals surface area contributed by atoms with Crippen molar-refractivity contribution in [1.29, 1.82) is 0 Å². The Balaban J connectivity index is 1.87. The molecule has 0 saturated carbocycles. The van der Waals surface area contributed by atoms with Crippen molar-refractivity contribution in [3.63, 3.8) is 0 Å². The molecule has 2 aromatic rings. The van der Waals surface area contributed by atoms with Crippen LogP contribution in [0.15, 0.2) is 52.6 Å². The molecule has 1 heterocycles. The van der Waals surface area contributed by atoms with E-state index in [1.54, 1.807) is 11.8 Å². The molecule has 0 aliphatic carbocycles. The van der Waals surface area contributed by atoms with E-state index in [2.05, 4.69) is 70.8 Å². The minimum absolute atomic E-state index is 0.836. The predicted molar refractivity (Wildman–Crippen MR) is 104 cm³/mol. The summed E-state index contributed by atoms with van der Waals surface area (Å²) in [6.07, 6.45) is 6.82. The van der Waals surface area contributed by atoms with Crippen LogP contribution in [0.4, 0.5) is 0 Å². The number of guanidine groups is 1. The summed E-state index contributed by atoms with van der Waals surface area (Å²) in [5.41, 5.74) is 3.84. The minimum atomic E-state index is 0.836. The number of rotatable bonds is 6. The first-order valence-electron chi connectivity index (χ1n) is 8.08. The lowest BCUT2D eigenvalue weighted by Crippen LogP contribution is -2.39. The number of pyridine rings is 1. The molecule has 1 N–H and O–H groups in total. The van der Waals surface area contributed by atoms with Gasteiger partial charge in [-0.25, -0.2) is 0 Å². The third kappa shape index (κ3) is 5.27. The van der Waals surface area contributed by atoms with Crippen LogP contribution in [0.3, 0.4) is 0 Å². The van der Waals surface area contributed by atoms with E-state index < -0.39 is 0 Å². The lowest BCUT2D eigenvalue weighted by Gasteiger charge is -2.22. The number of hydrogen-bond acceptors (Lipinski definition) is 3. The van der Waals surface area contributed by atoms with E-state index in [1.165, 1.54) is 21.6 Å². The second-order valence-electron chi connectivity index (χ2n) is 5.73. The maximum Gasteiger partial charge on any atom is 0.193 e. The minimum Gasteiger partial charge on any atom is -0.356 e. The smallest absolute Gasteiger partial charge is 0.193 e. The summed E-state index contributed by atoms with van der Waals surface area (Å²) >= 11 is 1.76. The number of thioether (sulfide) groups is 1. The van der Waals surface area contributed by atoms with Crippen molar-refractivity contribution in [1.82, 2.24) is 15.2 Å². The van der Waals surface area contributed by atoms with Gasteiger partial charge in [-0.15, -0.1) is 11.8 Å². The molecule has 5 heteroatoms. The van der Waals surface area contributed by atoms with Gasteiger partial charge in [0.1, 0.15) is 0 Å². The fourth-order valence-corrected chi connectivity index (χ4v) is 2.96. The number of nitrogens with one attached hydrogen (secondary N) is 1. The van der Waals surface area contributed by atoms with Gasteiger partial charge in [-0.2, -0.15) is 0 Å². The average molecular weight is 343 g/mol. The van der Waals surface area contributed by atoms with Gasteiger partial charge < -0.3 is 10.2 Å². The molecule has 0 atom stereocenters. The standard InChI is InChI=1S/C19H26N4S/c1-15-13-21-11-9-17(15)10-12-22-19(20-2)23(3)14-16-5-7-18(24-4)8-6-16/h5-9,11,13H,10,12,14H2,1-4H3,(H,20,22). The number of aliphatic imine (C=N–C) groups is 1. The van der Waals surface area contributed by atoms with E-state index in [-0.39, 0.29) is 0 Å². The average Bonchev–Trinajstić information content (AvgIpc) is 2.60. The summed E-state index contributed by atoms with van der Waals surface area (Å²) in [7, 11) is 3.89. The Labute approximate surface area is 149 Å². The highest BCUT2D eigenvalue weighted by molar-refractivity contribution is 7.98.